The first-order chi connectivity index (χ1) is 42.6. The summed E-state index contributed by atoms with van der Waals surface area (Å²) in [5.41, 5.74) is 0. The molecule has 5 heteroatoms. The van der Waals surface area contributed by atoms with Crippen molar-refractivity contribution in [3.8, 4) is 0 Å². The van der Waals surface area contributed by atoms with Crippen molar-refractivity contribution in [2.75, 3.05) is 13.2 Å². The predicted octanol–water partition coefficient (Wildman–Crippen LogP) is 27.2. The first-order valence-corrected chi connectivity index (χ1v) is 38.8. The Kier molecular flexibility index (Phi) is 74.7. The minimum Gasteiger partial charge on any atom is -0.462 e. The van der Waals surface area contributed by atoms with Crippen LogP contribution in [0.4, 0.5) is 0 Å². The SMILES string of the molecule is CC/C=C\C/C=C\C/C=C\C/C=C\CCCCCCCCCCCCCCCCCCCCCCCCC(=O)OC(CO)COC(=O)CCCCCCCCCCCCCCCCCCCCCCCCCCC/C=C\CCCCCCCCCC. The molecule has 0 fully saturated rings. The third kappa shape index (κ3) is 74.1. The van der Waals surface area contributed by atoms with E-state index in [0.717, 1.165) is 57.8 Å². The van der Waals surface area contributed by atoms with Gasteiger partial charge in [-0.25, -0.2) is 0 Å². The highest BCUT2D eigenvalue weighted by molar-refractivity contribution is 5.70. The molecule has 0 aliphatic carbocycles. The number of ether oxygens (including phenoxy) is 2. The molecule has 0 aliphatic heterocycles. The second kappa shape index (κ2) is 76.8. The van der Waals surface area contributed by atoms with Crippen molar-refractivity contribution in [3.63, 3.8) is 0 Å². The highest BCUT2D eigenvalue weighted by Crippen LogP contribution is 2.20. The molecule has 0 spiro atoms. The predicted molar refractivity (Wildman–Crippen MR) is 380 cm³/mol. The molecule has 0 aromatic rings. The molecule has 0 radical (unpaired) electrons. The van der Waals surface area contributed by atoms with Crippen LogP contribution in [-0.2, 0) is 19.1 Å². The zero-order valence-electron chi connectivity index (χ0n) is 58.1. The number of allylic oxidation sites excluding steroid dienone is 10. The summed E-state index contributed by atoms with van der Waals surface area (Å²) in [6.45, 7) is 4.09. The Balaban J connectivity index is 3.37. The molecule has 1 N–H and O–H groups in total. The zero-order chi connectivity index (χ0) is 61.9. The maximum atomic E-state index is 12.4. The van der Waals surface area contributed by atoms with E-state index in [4.69, 9.17) is 9.47 Å². The van der Waals surface area contributed by atoms with Crippen LogP contribution in [0.5, 0.6) is 0 Å². The van der Waals surface area contributed by atoms with Gasteiger partial charge >= 0.3 is 11.9 Å². The normalized spacial score (nSPS) is 12.5. The Bertz CT molecular complexity index is 1460. The number of esters is 2. The van der Waals surface area contributed by atoms with E-state index in [2.05, 4.69) is 74.6 Å². The van der Waals surface area contributed by atoms with Crippen LogP contribution >= 0.6 is 0 Å². The quantitative estimate of drug-likeness (QED) is 0.0373. The fourth-order valence-corrected chi connectivity index (χ4v) is 12.0. The second-order valence-corrected chi connectivity index (χ2v) is 26.4. The van der Waals surface area contributed by atoms with Gasteiger partial charge in [-0.05, 0) is 77.0 Å². The molecule has 1 unspecified atom stereocenters. The summed E-state index contributed by atoms with van der Waals surface area (Å²) in [6.07, 6.45) is 106. The van der Waals surface area contributed by atoms with Crippen LogP contribution < -0.4 is 0 Å². The maximum Gasteiger partial charge on any atom is 0.306 e. The maximum absolute atomic E-state index is 12.4. The molecule has 0 saturated heterocycles. The van der Waals surface area contributed by atoms with Gasteiger partial charge in [-0.1, -0.05) is 396 Å². The molecule has 0 aliphatic rings. The number of hydrogen-bond donors (Lipinski definition) is 1. The number of hydrogen-bond acceptors (Lipinski definition) is 5. The Morgan fingerprint density at radius 2 is 0.500 bits per heavy atom. The van der Waals surface area contributed by atoms with Crippen molar-refractivity contribution in [1.82, 2.24) is 0 Å². The van der Waals surface area contributed by atoms with E-state index in [9.17, 15) is 14.7 Å². The average molecular weight is 1200 g/mol. The van der Waals surface area contributed by atoms with Crippen LogP contribution in [-0.4, -0.2) is 36.4 Å². The Labute approximate surface area is 538 Å². The molecule has 0 bridgehead atoms. The van der Waals surface area contributed by atoms with Crippen LogP contribution in [0.15, 0.2) is 60.8 Å². The van der Waals surface area contributed by atoms with E-state index >= 15 is 0 Å². The van der Waals surface area contributed by atoms with Crippen LogP contribution in [0.2, 0.25) is 0 Å². The average Bonchev–Trinajstić information content (AvgIpc) is 3.55. The summed E-state index contributed by atoms with van der Waals surface area (Å²) in [5, 5.41) is 9.72. The number of aliphatic hydroxyl groups excluding tert-OH is 1. The largest absolute Gasteiger partial charge is 0.462 e. The summed E-state index contributed by atoms with van der Waals surface area (Å²) >= 11 is 0. The standard InChI is InChI=1S/C81H150O5/c1-3-5-7-9-11-13-15-17-19-21-23-25-27-29-31-33-35-37-39-40-42-43-45-47-49-51-53-55-57-59-61-63-65-67-69-71-73-75-80(83)85-78-79(77-82)86-81(84)76-74-72-70-68-66-64-62-60-58-56-54-52-50-48-46-44-41-38-36-34-32-30-28-26-24-22-20-18-16-14-12-10-8-6-4-2/h6,8,12,14,18,20-21,23-24,26,79,82H,3-5,7,9-11,13,15-17,19,22,25,27-78H2,1-2H3/b8-6-,14-12-,20-18-,23-21-,26-24-. The smallest absolute Gasteiger partial charge is 0.306 e. The van der Waals surface area contributed by atoms with Crippen molar-refractivity contribution in [2.45, 2.75) is 431 Å². The number of aliphatic hydroxyl groups is 1. The highest BCUT2D eigenvalue weighted by Gasteiger charge is 2.16. The van der Waals surface area contributed by atoms with Gasteiger partial charge in [0.15, 0.2) is 6.10 Å². The summed E-state index contributed by atoms with van der Waals surface area (Å²) in [6, 6.07) is 0. The van der Waals surface area contributed by atoms with Gasteiger partial charge in [0.05, 0.1) is 6.61 Å². The topological polar surface area (TPSA) is 72.8 Å². The lowest BCUT2D eigenvalue weighted by atomic mass is 10.0. The molecule has 5 nitrogen and oxygen atoms in total. The van der Waals surface area contributed by atoms with E-state index in [-0.39, 0.29) is 25.2 Å². The van der Waals surface area contributed by atoms with Crippen molar-refractivity contribution in [3.05, 3.63) is 60.8 Å². The number of rotatable bonds is 73. The highest BCUT2D eigenvalue weighted by atomic mass is 16.6. The van der Waals surface area contributed by atoms with E-state index in [1.54, 1.807) is 0 Å². The lowest BCUT2D eigenvalue weighted by Crippen LogP contribution is -2.28. The zero-order valence-corrected chi connectivity index (χ0v) is 58.1. The van der Waals surface area contributed by atoms with Gasteiger partial charge in [0.1, 0.15) is 6.61 Å². The Hall–Kier alpha value is -2.40. The first-order valence-electron chi connectivity index (χ1n) is 38.8. The fraction of sp³-hybridized carbons (Fsp3) is 0.852. The van der Waals surface area contributed by atoms with E-state index in [1.165, 1.54) is 340 Å². The monoisotopic (exact) mass is 1200 g/mol. The molecule has 0 saturated carbocycles. The van der Waals surface area contributed by atoms with Crippen LogP contribution in [0.1, 0.15) is 425 Å². The minimum absolute atomic E-state index is 0.0596. The van der Waals surface area contributed by atoms with Gasteiger partial charge in [-0.2, -0.15) is 0 Å². The number of carbonyl (C=O) groups excluding carboxylic acids is 2. The Morgan fingerprint density at radius 1 is 0.279 bits per heavy atom. The lowest BCUT2D eigenvalue weighted by molar-refractivity contribution is -0.161. The third-order valence-electron chi connectivity index (χ3n) is 17.8. The summed E-state index contributed by atoms with van der Waals surface area (Å²) < 4.78 is 10.8. The summed E-state index contributed by atoms with van der Waals surface area (Å²) in [4.78, 5) is 24.7. The van der Waals surface area contributed by atoms with E-state index in [0.29, 0.717) is 12.8 Å². The molecular weight excluding hydrogens is 1050 g/mol. The fourth-order valence-electron chi connectivity index (χ4n) is 12.0. The van der Waals surface area contributed by atoms with Gasteiger partial charge in [0.25, 0.3) is 0 Å². The molecule has 0 heterocycles. The van der Waals surface area contributed by atoms with Gasteiger partial charge in [0.2, 0.25) is 0 Å². The number of carbonyl (C=O) groups is 2. The van der Waals surface area contributed by atoms with Crippen molar-refractivity contribution in [1.29, 1.82) is 0 Å². The molecular formula is C81H150O5. The molecule has 1 atom stereocenters. The molecule has 0 rings (SSSR count). The molecule has 86 heavy (non-hydrogen) atoms. The van der Waals surface area contributed by atoms with Crippen LogP contribution in [0, 0.1) is 0 Å². The van der Waals surface area contributed by atoms with Gasteiger partial charge in [-0.3, -0.25) is 9.59 Å². The molecule has 0 aromatic carbocycles. The number of unbranched alkanes of at least 4 members (excludes halogenated alkanes) is 55. The van der Waals surface area contributed by atoms with Gasteiger partial charge in [0, 0.05) is 12.8 Å². The van der Waals surface area contributed by atoms with E-state index < -0.39 is 6.10 Å². The summed E-state index contributed by atoms with van der Waals surface area (Å²) in [7, 11) is 0. The molecule has 0 aromatic heterocycles. The van der Waals surface area contributed by atoms with Crippen LogP contribution in [0.25, 0.3) is 0 Å². The van der Waals surface area contributed by atoms with Crippen LogP contribution in [0.3, 0.4) is 0 Å². The molecule has 504 valence electrons. The first kappa shape index (κ1) is 83.6. The third-order valence-corrected chi connectivity index (χ3v) is 17.8. The second-order valence-electron chi connectivity index (χ2n) is 26.4. The van der Waals surface area contributed by atoms with Crippen molar-refractivity contribution in [2.24, 2.45) is 0 Å². The van der Waals surface area contributed by atoms with Crippen molar-refractivity contribution >= 4 is 11.9 Å². The van der Waals surface area contributed by atoms with Crippen molar-refractivity contribution < 1.29 is 24.2 Å². The minimum atomic E-state index is -0.771. The molecule has 0 amide bonds. The summed E-state index contributed by atoms with van der Waals surface area (Å²) in [5.74, 6) is -0.565. The lowest BCUT2D eigenvalue weighted by Gasteiger charge is -2.15. The van der Waals surface area contributed by atoms with E-state index in [1.807, 2.05) is 0 Å². The Morgan fingerprint density at radius 3 is 0.767 bits per heavy atom. The van der Waals surface area contributed by atoms with Gasteiger partial charge in [-0.15, -0.1) is 0 Å². The van der Waals surface area contributed by atoms with Gasteiger partial charge < -0.3 is 14.6 Å².